The van der Waals surface area contributed by atoms with Crippen molar-refractivity contribution in [3.8, 4) is 11.5 Å². The highest BCUT2D eigenvalue weighted by Gasteiger charge is 2.34. The maximum Gasteiger partial charge on any atom is 0.262 e. The Labute approximate surface area is 179 Å². The Morgan fingerprint density at radius 1 is 0.968 bits per heavy atom. The standard InChI is InChI=1S/C24H22N2O5/c1-2-30-18-13-9-17(10-14-18)26-23(25-21-6-4-3-5-20(21)24(26)29)16-7-11-19(12-8-16)31-15-22(27)28/h3-14,23,25H,2,15H2,1H3,(H,27,28)/p-1/t23-/m0/s1. The van der Waals surface area contributed by atoms with Gasteiger partial charge >= 0.3 is 0 Å². The van der Waals surface area contributed by atoms with Gasteiger partial charge in [0.05, 0.1) is 18.1 Å². The summed E-state index contributed by atoms with van der Waals surface area (Å²) >= 11 is 0. The van der Waals surface area contributed by atoms with Gasteiger partial charge in [0.15, 0.2) is 0 Å². The van der Waals surface area contributed by atoms with Gasteiger partial charge in [-0.15, -0.1) is 0 Å². The first-order chi connectivity index (χ1) is 15.1. The second-order valence-corrected chi connectivity index (χ2v) is 6.92. The summed E-state index contributed by atoms with van der Waals surface area (Å²) in [5.41, 5.74) is 2.87. The molecule has 4 rings (SSSR count). The lowest BCUT2D eigenvalue weighted by Crippen LogP contribution is -2.43. The van der Waals surface area contributed by atoms with Crippen LogP contribution >= 0.6 is 0 Å². The van der Waals surface area contributed by atoms with Crippen molar-refractivity contribution in [3.63, 3.8) is 0 Å². The second kappa shape index (κ2) is 8.79. The Bertz CT molecular complexity index is 1080. The summed E-state index contributed by atoms with van der Waals surface area (Å²) in [5, 5.41) is 14.0. The fourth-order valence-electron chi connectivity index (χ4n) is 3.51. The summed E-state index contributed by atoms with van der Waals surface area (Å²) in [6.45, 7) is 1.95. The summed E-state index contributed by atoms with van der Waals surface area (Å²) in [7, 11) is 0. The number of carboxylic acids is 1. The molecule has 0 aromatic heterocycles. The number of fused-ring (bicyclic) bond motifs is 1. The molecule has 7 heteroatoms. The third-order valence-corrected chi connectivity index (χ3v) is 4.91. The molecule has 31 heavy (non-hydrogen) atoms. The van der Waals surface area contributed by atoms with Gasteiger partial charge in [-0.3, -0.25) is 9.69 Å². The van der Waals surface area contributed by atoms with E-state index in [4.69, 9.17) is 9.47 Å². The third kappa shape index (κ3) is 4.30. The van der Waals surface area contributed by atoms with Crippen LogP contribution in [0.4, 0.5) is 11.4 Å². The van der Waals surface area contributed by atoms with Crippen LogP contribution in [0.5, 0.6) is 11.5 Å². The number of benzene rings is 3. The Morgan fingerprint density at radius 2 is 1.61 bits per heavy atom. The molecule has 1 aliphatic heterocycles. The minimum atomic E-state index is -1.29. The van der Waals surface area contributed by atoms with E-state index in [1.807, 2.05) is 49.4 Å². The van der Waals surface area contributed by atoms with E-state index in [9.17, 15) is 14.7 Å². The average Bonchev–Trinajstić information content (AvgIpc) is 2.79. The number of carbonyl (C=O) groups excluding carboxylic acids is 2. The molecule has 0 bridgehead atoms. The SMILES string of the molecule is CCOc1ccc(N2C(=O)c3ccccc3N[C@@H]2c2ccc(OCC(=O)[O-])cc2)cc1. The maximum atomic E-state index is 13.4. The largest absolute Gasteiger partial charge is 0.546 e. The number of carboxylic acid groups (broad SMARTS) is 1. The van der Waals surface area contributed by atoms with E-state index >= 15 is 0 Å². The molecule has 0 saturated carbocycles. The number of nitrogens with zero attached hydrogens (tertiary/aromatic N) is 1. The Kier molecular flexibility index (Phi) is 5.75. The van der Waals surface area contributed by atoms with Crippen LogP contribution in [0.2, 0.25) is 0 Å². The average molecular weight is 417 g/mol. The zero-order valence-corrected chi connectivity index (χ0v) is 16.9. The minimum absolute atomic E-state index is 0.124. The lowest BCUT2D eigenvalue weighted by atomic mass is 10.0. The molecule has 0 spiro atoms. The number of carbonyl (C=O) groups is 2. The Balaban J connectivity index is 1.69. The van der Waals surface area contributed by atoms with Crippen molar-refractivity contribution < 1.29 is 24.2 Å². The van der Waals surface area contributed by atoms with Crippen LogP contribution in [0, 0.1) is 0 Å². The fraction of sp³-hybridized carbons (Fsp3) is 0.167. The third-order valence-electron chi connectivity index (χ3n) is 4.91. The van der Waals surface area contributed by atoms with E-state index in [1.54, 1.807) is 35.2 Å². The number of para-hydroxylation sites is 1. The van der Waals surface area contributed by atoms with Gasteiger partial charge in [-0.1, -0.05) is 24.3 Å². The molecule has 0 radical (unpaired) electrons. The maximum absolute atomic E-state index is 13.4. The first-order valence-corrected chi connectivity index (χ1v) is 9.91. The van der Waals surface area contributed by atoms with Gasteiger partial charge < -0.3 is 24.7 Å². The van der Waals surface area contributed by atoms with E-state index in [1.165, 1.54) is 0 Å². The van der Waals surface area contributed by atoms with Gasteiger partial charge in [-0.25, -0.2) is 0 Å². The number of amides is 1. The van der Waals surface area contributed by atoms with E-state index in [-0.39, 0.29) is 5.91 Å². The van der Waals surface area contributed by atoms with E-state index in [2.05, 4.69) is 5.32 Å². The molecule has 0 unspecified atom stereocenters. The number of nitrogens with one attached hydrogen (secondary N) is 1. The summed E-state index contributed by atoms with van der Waals surface area (Å²) in [4.78, 5) is 25.7. The number of hydrogen-bond acceptors (Lipinski definition) is 6. The van der Waals surface area contributed by atoms with Crippen LogP contribution in [0.1, 0.15) is 29.0 Å². The molecule has 1 aliphatic rings. The number of aliphatic carboxylic acids is 1. The monoisotopic (exact) mass is 417 g/mol. The fourth-order valence-corrected chi connectivity index (χ4v) is 3.51. The minimum Gasteiger partial charge on any atom is -0.546 e. The number of anilines is 2. The van der Waals surface area contributed by atoms with Gasteiger partial charge in [0.25, 0.3) is 5.91 Å². The summed E-state index contributed by atoms with van der Waals surface area (Å²) < 4.78 is 10.7. The zero-order chi connectivity index (χ0) is 21.8. The van der Waals surface area contributed by atoms with Crippen molar-refractivity contribution in [1.82, 2.24) is 0 Å². The molecule has 0 fully saturated rings. The molecule has 0 saturated heterocycles. The molecule has 7 nitrogen and oxygen atoms in total. The summed E-state index contributed by atoms with van der Waals surface area (Å²) in [6.07, 6.45) is -0.462. The number of rotatable bonds is 7. The van der Waals surface area contributed by atoms with Crippen LogP contribution in [-0.4, -0.2) is 25.1 Å². The van der Waals surface area contributed by atoms with Crippen LogP contribution in [0.25, 0.3) is 0 Å². The molecule has 1 atom stereocenters. The molecular formula is C24H21N2O5-. The van der Waals surface area contributed by atoms with Crippen molar-refractivity contribution in [2.45, 2.75) is 13.1 Å². The van der Waals surface area contributed by atoms with E-state index in [0.29, 0.717) is 17.9 Å². The topological polar surface area (TPSA) is 90.9 Å². The zero-order valence-electron chi connectivity index (χ0n) is 16.9. The molecular weight excluding hydrogens is 396 g/mol. The Hall–Kier alpha value is -4.00. The van der Waals surface area contributed by atoms with Crippen LogP contribution in [-0.2, 0) is 4.79 Å². The first-order valence-electron chi connectivity index (χ1n) is 9.91. The van der Waals surface area contributed by atoms with Crippen molar-refractivity contribution in [3.05, 3.63) is 83.9 Å². The highest BCUT2D eigenvalue weighted by atomic mass is 16.5. The number of ether oxygens (including phenoxy) is 2. The molecule has 158 valence electrons. The lowest BCUT2D eigenvalue weighted by Gasteiger charge is -2.38. The predicted octanol–water partition coefficient (Wildman–Crippen LogP) is 2.99. The van der Waals surface area contributed by atoms with Crippen molar-refractivity contribution in [2.24, 2.45) is 0 Å². The first kappa shape index (κ1) is 20.3. The Morgan fingerprint density at radius 3 is 2.29 bits per heavy atom. The van der Waals surface area contributed by atoms with Crippen LogP contribution in [0.15, 0.2) is 72.8 Å². The molecule has 0 aliphatic carbocycles. The number of hydrogen-bond donors (Lipinski definition) is 1. The van der Waals surface area contributed by atoms with Crippen molar-refractivity contribution in [1.29, 1.82) is 0 Å². The van der Waals surface area contributed by atoms with Crippen molar-refractivity contribution >= 4 is 23.3 Å². The smallest absolute Gasteiger partial charge is 0.262 e. The highest BCUT2D eigenvalue weighted by molar-refractivity contribution is 6.12. The van der Waals surface area contributed by atoms with Crippen LogP contribution in [0.3, 0.4) is 0 Å². The molecule has 1 N–H and O–H groups in total. The molecule has 3 aromatic rings. The van der Waals surface area contributed by atoms with Gasteiger partial charge in [0, 0.05) is 11.4 Å². The molecule has 1 amide bonds. The summed E-state index contributed by atoms with van der Waals surface area (Å²) in [6, 6.07) is 21.7. The van der Waals surface area contributed by atoms with Gasteiger partial charge in [-0.2, -0.15) is 0 Å². The quantitative estimate of drug-likeness (QED) is 0.636. The van der Waals surface area contributed by atoms with Gasteiger partial charge in [-0.05, 0) is 61.0 Å². The van der Waals surface area contributed by atoms with E-state index in [0.717, 1.165) is 22.7 Å². The van der Waals surface area contributed by atoms with E-state index < -0.39 is 18.7 Å². The van der Waals surface area contributed by atoms with Gasteiger partial charge in [0.1, 0.15) is 24.3 Å². The van der Waals surface area contributed by atoms with Crippen LogP contribution < -0.4 is 24.8 Å². The van der Waals surface area contributed by atoms with Crippen molar-refractivity contribution in [2.75, 3.05) is 23.4 Å². The van der Waals surface area contributed by atoms with Gasteiger partial charge in [0.2, 0.25) is 0 Å². The lowest BCUT2D eigenvalue weighted by molar-refractivity contribution is -0.307. The molecule has 1 heterocycles. The predicted molar refractivity (Wildman–Crippen MR) is 114 cm³/mol. The molecule has 3 aromatic carbocycles. The highest BCUT2D eigenvalue weighted by Crippen LogP contribution is 2.37. The second-order valence-electron chi connectivity index (χ2n) is 6.92. The normalized spacial score (nSPS) is 15.1. The summed E-state index contributed by atoms with van der Waals surface area (Å²) in [5.74, 6) is -0.277.